The van der Waals surface area contributed by atoms with Crippen molar-refractivity contribution in [3.05, 3.63) is 36.5 Å². The Hall–Kier alpha value is -2.30. The van der Waals surface area contributed by atoms with Crippen molar-refractivity contribution in [3.63, 3.8) is 0 Å². The standard InChI is InChI=1S/C44H80NO10P/c1-3-5-7-9-11-13-14-15-16-17-18-19-20-21-22-23-24-25-26-28-30-32-34-36-43(48)53-37-40(46)38-54-56(51,52)55-39-41(44(49)50)45-42(47)35-33-31-29-27-12-10-8-6-4-2/h11,13,15-16,18-19,40-41,46H,3-10,12,14,17,20-39H2,1-2H3,(H,45,47)(H,49,50)(H,51,52)/b13-11-,16-15-,19-18-. The van der Waals surface area contributed by atoms with E-state index in [0.717, 1.165) is 57.8 Å². The lowest BCUT2D eigenvalue weighted by Crippen LogP contribution is -2.43. The molecule has 0 radical (unpaired) electrons. The fourth-order valence-electron chi connectivity index (χ4n) is 5.97. The first-order valence-electron chi connectivity index (χ1n) is 22.0. The number of rotatable bonds is 41. The molecule has 4 N–H and O–H groups in total. The largest absolute Gasteiger partial charge is 0.480 e. The van der Waals surface area contributed by atoms with Crippen molar-refractivity contribution in [2.75, 3.05) is 19.8 Å². The number of ether oxygens (including phenoxy) is 1. The molecule has 0 aromatic rings. The predicted molar refractivity (Wildman–Crippen MR) is 226 cm³/mol. The van der Waals surface area contributed by atoms with Crippen LogP contribution in [0.5, 0.6) is 0 Å². The molecule has 3 unspecified atom stereocenters. The summed E-state index contributed by atoms with van der Waals surface area (Å²) in [6, 6.07) is -1.54. The Morgan fingerprint density at radius 1 is 0.571 bits per heavy atom. The first kappa shape index (κ1) is 53.7. The van der Waals surface area contributed by atoms with E-state index in [1.165, 1.54) is 96.3 Å². The number of allylic oxidation sites excluding steroid dienone is 6. The van der Waals surface area contributed by atoms with Crippen LogP contribution < -0.4 is 5.32 Å². The molecule has 0 rings (SSSR count). The highest BCUT2D eigenvalue weighted by Gasteiger charge is 2.28. The van der Waals surface area contributed by atoms with E-state index in [2.05, 4.69) is 55.6 Å². The molecular weight excluding hydrogens is 733 g/mol. The molecule has 326 valence electrons. The van der Waals surface area contributed by atoms with E-state index < -0.39 is 57.6 Å². The molecule has 0 aliphatic heterocycles. The van der Waals surface area contributed by atoms with Gasteiger partial charge in [-0.05, 0) is 51.4 Å². The van der Waals surface area contributed by atoms with Gasteiger partial charge in [0.2, 0.25) is 5.91 Å². The second-order valence-electron chi connectivity index (χ2n) is 14.9. The van der Waals surface area contributed by atoms with Crippen molar-refractivity contribution in [3.8, 4) is 0 Å². The van der Waals surface area contributed by atoms with Gasteiger partial charge in [-0.25, -0.2) is 9.36 Å². The van der Waals surface area contributed by atoms with Crippen molar-refractivity contribution < 1.29 is 47.8 Å². The molecular formula is C44H80NO10P. The summed E-state index contributed by atoms with van der Waals surface area (Å²) in [6.45, 7) is 2.52. The molecule has 0 saturated heterocycles. The number of amides is 1. The predicted octanol–water partition coefficient (Wildman–Crippen LogP) is 11.2. The number of carboxylic acid groups (broad SMARTS) is 1. The van der Waals surface area contributed by atoms with Crippen molar-refractivity contribution >= 4 is 25.7 Å². The quantitative estimate of drug-likeness (QED) is 0.0202. The molecule has 0 fully saturated rings. The van der Waals surface area contributed by atoms with E-state index in [9.17, 15) is 34.1 Å². The van der Waals surface area contributed by atoms with Gasteiger partial charge in [0.1, 0.15) is 12.7 Å². The van der Waals surface area contributed by atoms with E-state index in [4.69, 9.17) is 13.8 Å². The SMILES string of the molecule is CCCCC/C=C\C/C=C\C/C=C\CCCCCCCCCCCCC(=O)OCC(O)COP(=O)(O)OCC(NC(=O)CCCCCCCCCCC)C(=O)O. The normalized spacial score (nSPS) is 14.1. The summed E-state index contributed by atoms with van der Waals surface area (Å²) in [5.74, 6) is -2.38. The summed E-state index contributed by atoms with van der Waals surface area (Å²) in [7, 11) is -4.75. The van der Waals surface area contributed by atoms with Crippen LogP contribution in [-0.2, 0) is 32.7 Å². The molecule has 3 atom stereocenters. The van der Waals surface area contributed by atoms with Crippen molar-refractivity contribution in [2.24, 2.45) is 0 Å². The highest BCUT2D eigenvalue weighted by molar-refractivity contribution is 7.47. The number of esters is 1. The molecule has 0 heterocycles. The van der Waals surface area contributed by atoms with Gasteiger partial charge in [-0.1, -0.05) is 166 Å². The number of carbonyl (C=O) groups is 3. The number of nitrogens with one attached hydrogen (secondary N) is 1. The second-order valence-corrected chi connectivity index (χ2v) is 16.3. The van der Waals surface area contributed by atoms with Crippen molar-refractivity contribution in [1.29, 1.82) is 0 Å². The number of aliphatic hydroxyl groups excluding tert-OH is 1. The van der Waals surface area contributed by atoms with E-state index in [0.29, 0.717) is 12.8 Å². The minimum atomic E-state index is -4.75. The zero-order valence-corrected chi connectivity index (χ0v) is 36.1. The number of aliphatic carboxylic acids is 1. The Morgan fingerprint density at radius 2 is 0.982 bits per heavy atom. The van der Waals surface area contributed by atoms with Crippen LogP contribution in [0, 0.1) is 0 Å². The summed E-state index contributed by atoms with van der Waals surface area (Å²) in [6.07, 6.45) is 41.9. The summed E-state index contributed by atoms with van der Waals surface area (Å²) in [4.78, 5) is 45.7. The number of hydrogen-bond donors (Lipinski definition) is 4. The number of unbranched alkanes of at least 4 members (excludes halogenated alkanes) is 21. The van der Waals surface area contributed by atoms with Crippen molar-refractivity contribution in [2.45, 2.75) is 206 Å². The van der Waals surface area contributed by atoms with Gasteiger partial charge in [-0.2, -0.15) is 0 Å². The Morgan fingerprint density at radius 3 is 1.50 bits per heavy atom. The lowest BCUT2D eigenvalue weighted by atomic mass is 10.1. The van der Waals surface area contributed by atoms with Crippen LogP contribution in [0.2, 0.25) is 0 Å². The minimum Gasteiger partial charge on any atom is -0.480 e. The first-order chi connectivity index (χ1) is 27.1. The molecule has 0 aromatic carbocycles. The summed E-state index contributed by atoms with van der Waals surface area (Å²) in [5.41, 5.74) is 0. The Balaban J connectivity index is 3.82. The molecule has 12 heteroatoms. The lowest BCUT2D eigenvalue weighted by Gasteiger charge is -2.18. The van der Waals surface area contributed by atoms with Gasteiger partial charge in [-0.15, -0.1) is 0 Å². The summed E-state index contributed by atoms with van der Waals surface area (Å²) < 4.78 is 26.8. The van der Waals surface area contributed by atoms with Crippen molar-refractivity contribution in [1.82, 2.24) is 5.32 Å². The monoisotopic (exact) mass is 814 g/mol. The van der Waals surface area contributed by atoms with Gasteiger partial charge in [-0.3, -0.25) is 18.6 Å². The van der Waals surface area contributed by atoms with Gasteiger partial charge >= 0.3 is 19.8 Å². The highest BCUT2D eigenvalue weighted by atomic mass is 31.2. The molecule has 0 aromatic heterocycles. The van der Waals surface area contributed by atoms with Crippen LogP contribution >= 0.6 is 7.82 Å². The Labute approximate surface area is 340 Å². The summed E-state index contributed by atoms with van der Waals surface area (Å²) in [5, 5.41) is 21.8. The minimum absolute atomic E-state index is 0.147. The number of carboxylic acids is 1. The zero-order chi connectivity index (χ0) is 41.4. The van der Waals surface area contributed by atoms with E-state index in [-0.39, 0.29) is 12.8 Å². The number of phosphoric ester groups is 1. The van der Waals surface area contributed by atoms with Gasteiger partial charge in [0.15, 0.2) is 6.04 Å². The summed E-state index contributed by atoms with van der Waals surface area (Å²) >= 11 is 0. The van der Waals surface area contributed by atoms with Crippen LogP contribution in [0.15, 0.2) is 36.5 Å². The molecule has 0 bridgehead atoms. The lowest BCUT2D eigenvalue weighted by molar-refractivity contribution is -0.147. The van der Waals surface area contributed by atoms with Crippen LogP contribution in [0.25, 0.3) is 0 Å². The van der Waals surface area contributed by atoms with Gasteiger partial charge in [0.05, 0.1) is 13.2 Å². The van der Waals surface area contributed by atoms with Gasteiger partial charge in [0, 0.05) is 12.8 Å². The van der Waals surface area contributed by atoms with Crippen LogP contribution in [0.3, 0.4) is 0 Å². The zero-order valence-electron chi connectivity index (χ0n) is 35.2. The average molecular weight is 814 g/mol. The van der Waals surface area contributed by atoms with Crippen LogP contribution in [0.1, 0.15) is 194 Å². The third-order valence-corrected chi connectivity index (χ3v) is 10.4. The van der Waals surface area contributed by atoms with Gasteiger partial charge < -0.3 is 25.2 Å². The third-order valence-electron chi connectivity index (χ3n) is 9.43. The molecule has 11 nitrogen and oxygen atoms in total. The molecule has 0 saturated carbocycles. The second kappa shape index (κ2) is 39.5. The smallest absolute Gasteiger partial charge is 0.472 e. The third kappa shape index (κ3) is 38.6. The van der Waals surface area contributed by atoms with E-state index in [1.807, 2.05) is 0 Å². The Kier molecular flexibility index (Phi) is 37.9. The topological polar surface area (TPSA) is 169 Å². The molecule has 0 aliphatic rings. The number of carbonyl (C=O) groups excluding carboxylic acids is 2. The fraction of sp³-hybridized carbons (Fsp3) is 0.795. The molecule has 56 heavy (non-hydrogen) atoms. The number of hydrogen-bond acceptors (Lipinski definition) is 8. The van der Waals surface area contributed by atoms with E-state index >= 15 is 0 Å². The first-order valence-corrected chi connectivity index (χ1v) is 23.5. The average Bonchev–Trinajstić information content (AvgIpc) is 3.17. The highest BCUT2D eigenvalue weighted by Crippen LogP contribution is 2.43. The number of phosphoric acid groups is 1. The molecule has 0 aliphatic carbocycles. The fourth-order valence-corrected chi connectivity index (χ4v) is 6.74. The molecule has 0 spiro atoms. The van der Waals surface area contributed by atoms with Gasteiger partial charge in [0.25, 0.3) is 0 Å². The Bertz CT molecular complexity index is 1100. The van der Waals surface area contributed by atoms with Crippen LogP contribution in [-0.4, -0.2) is 64.9 Å². The molecule has 1 amide bonds. The van der Waals surface area contributed by atoms with E-state index in [1.54, 1.807) is 0 Å². The maximum absolute atomic E-state index is 12.2. The number of aliphatic hydroxyl groups is 1. The maximum atomic E-state index is 12.2. The van der Waals surface area contributed by atoms with Crippen LogP contribution in [0.4, 0.5) is 0 Å². The maximum Gasteiger partial charge on any atom is 0.472 e.